The van der Waals surface area contributed by atoms with Crippen LogP contribution in [-0.2, 0) is 22.5 Å². The van der Waals surface area contributed by atoms with Crippen molar-refractivity contribution in [1.82, 2.24) is 10.4 Å². The molecule has 11 nitrogen and oxygen atoms in total. The molecule has 1 saturated heterocycles. The highest BCUT2D eigenvalue weighted by Gasteiger charge is 2.54. The van der Waals surface area contributed by atoms with Crippen LogP contribution in [0.1, 0.15) is 47.6 Å². The smallest absolute Gasteiger partial charge is 0.266 e. The number of benzene rings is 3. The number of azide groups is 1. The molecule has 0 radical (unpaired) electrons. The molecule has 0 aliphatic carbocycles. The number of nitrogens with one attached hydrogen (secondary N) is 1. The average molecular weight is 585 g/mol. The van der Waals surface area contributed by atoms with E-state index >= 15 is 0 Å². The van der Waals surface area contributed by atoms with Gasteiger partial charge in [-0.1, -0.05) is 41.5 Å². The predicted molar refractivity (Wildman–Crippen MR) is 162 cm³/mol. The van der Waals surface area contributed by atoms with Gasteiger partial charge in [0.1, 0.15) is 11.5 Å². The first-order valence-corrected chi connectivity index (χ1v) is 14.4. The van der Waals surface area contributed by atoms with Crippen molar-refractivity contribution in [2.45, 2.75) is 43.9 Å². The van der Waals surface area contributed by atoms with E-state index in [0.29, 0.717) is 36.0 Å². The van der Waals surface area contributed by atoms with Gasteiger partial charge in [0, 0.05) is 43.0 Å². The highest BCUT2D eigenvalue weighted by Crippen LogP contribution is 2.44. The molecule has 0 aromatic heterocycles. The van der Waals surface area contributed by atoms with E-state index in [9.17, 15) is 4.79 Å². The Morgan fingerprint density at radius 1 is 1.12 bits per heavy atom. The first-order chi connectivity index (χ1) is 21.1. The van der Waals surface area contributed by atoms with E-state index < -0.39 is 11.6 Å². The van der Waals surface area contributed by atoms with Gasteiger partial charge in [0.05, 0.1) is 20.3 Å². The number of carbonyl (C=O) groups is 1. The van der Waals surface area contributed by atoms with Crippen molar-refractivity contribution in [2.24, 2.45) is 10.1 Å². The zero-order valence-electron chi connectivity index (χ0n) is 24.2. The Labute approximate surface area is 250 Å². The van der Waals surface area contributed by atoms with Gasteiger partial charge in [-0.25, -0.2) is 10.0 Å². The summed E-state index contributed by atoms with van der Waals surface area (Å²) in [6, 6.07) is 22.4. The molecular formula is C32H36N6O5. The molecule has 0 spiro atoms. The molecule has 2 atom stereocenters. The lowest BCUT2D eigenvalue weighted by atomic mass is 9.81. The molecule has 0 saturated carbocycles. The molecule has 1 amide bonds. The normalized spacial score (nSPS) is 19.7. The van der Waals surface area contributed by atoms with Crippen molar-refractivity contribution in [3.8, 4) is 11.5 Å². The van der Waals surface area contributed by atoms with Gasteiger partial charge in [0.2, 0.25) is 5.90 Å². The van der Waals surface area contributed by atoms with Crippen LogP contribution in [0.4, 0.5) is 0 Å². The van der Waals surface area contributed by atoms with Crippen LogP contribution in [0.5, 0.6) is 11.5 Å². The Bertz CT molecular complexity index is 1480. The first kappa shape index (κ1) is 29.9. The number of hydrogen-bond donors (Lipinski definition) is 2. The molecule has 3 aromatic carbocycles. The van der Waals surface area contributed by atoms with Crippen molar-refractivity contribution in [3.05, 3.63) is 105 Å². The van der Waals surface area contributed by atoms with Gasteiger partial charge >= 0.3 is 0 Å². The van der Waals surface area contributed by atoms with Crippen molar-refractivity contribution in [3.63, 3.8) is 0 Å². The van der Waals surface area contributed by atoms with Crippen LogP contribution < -0.4 is 14.9 Å². The van der Waals surface area contributed by atoms with Crippen LogP contribution in [0.15, 0.2) is 82.9 Å². The molecule has 224 valence electrons. The number of nitrogens with zero attached hydrogens (tertiary/aromatic N) is 5. The average Bonchev–Trinajstić information content (AvgIpc) is 3.70. The molecule has 43 heavy (non-hydrogen) atoms. The molecule has 2 N–H and O–H groups in total. The summed E-state index contributed by atoms with van der Waals surface area (Å²) >= 11 is 0. The summed E-state index contributed by atoms with van der Waals surface area (Å²) in [5.41, 5.74) is 13.8. The fourth-order valence-electron chi connectivity index (χ4n) is 5.44. The predicted octanol–water partition coefficient (Wildman–Crippen LogP) is 4.89. The number of ether oxygens (including phenoxy) is 3. The van der Waals surface area contributed by atoms with Crippen molar-refractivity contribution >= 4 is 11.8 Å². The molecule has 2 heterocycles. The molecule has 3 aromatic rings. The summed E-state index contributed by atoms with van der Waals surface area (Å²) in [7, 11) is 1.60. The number of hydrogen-bond acceptors (Lipinski definition) is 8. The van der Waals surface area contributed by atoms with E-state index in [2.05, 4.69) is 15.5 Å². The number of aliphatic hydroxyl groups excluding tert-OH is 1. The molecular weight excluding hydrogens is 548 g/mol. The van der Waals surface area contributed by atoms with Crippen LogP contribution in [0.2, 0.25) is 0 Å². The Balaban J connectivity index is 1.60. The largest absolute Gasteiger partial charge is 0.497 e. The van der Waals surface area contributed by atoms with Gasteiger partial charge in [-0.3, -0.25) is 10.2 Å². The summed E-state index contributed by atoms with van der Waals surface area (Å²) in [6.07, 6.45) is 1.96. The van der Waals surface area contributed by atoms with Crippen LogP contribution in [0.3, 0.4) is 0 Å². The van der Waals surface area contributed by atoms with E-state index in [1.807, 2.05) is 77.8 Å². The Kier molecular flexibility index (Phi) is 9.78. The van der Waals surface area contributed by atoms with E-state index in [0.717, 1.165) is 42.6 Å². The molecule has 1 fully saturated rings. The number of aliphatic hydroxyl groups is 1. The minimum absolute atomic E-state index is 0.0575. The van der Waals surface area contributed by atoms with Crippen LogP contribution >= 0.6 is 0 Å². The molecule has 11 heteroatoms. The minimum atomic E-state index is -1.40. The maximum atomic E-state index is 14.5. The lowest BCUT2D eigenvalue weighted by Gasteiger charge is -2.33. The highest BCUT2D eigenvalue weighted by atomic mass is 16.5. The quantitative estimate of drug-likeness (QED) is 0.127. The molecule has 0 bridgehead atoms. The van der Waals surface area contributed by atoms with E-state index in [1.54, 1.807) is 7.11 Å². The lowest BCUT2D eigenvalue weighted by molar-refractivity contribution is -0.133. The number of hydrazine groups is 1. The molecule has 0 unspecified atom stereocenters. The summed E-state index contributed by atoms with van der Waals surface area (Å²) in [5, 5.41) is 14.8. The summed E-state index contributed by atoms with van der Waals surface area (Å²) < 4.78 is 17.8. The van der Waals surface area contributed by atoms with E-state index in [-0.39, 0.29) is 25.5 Å². The third-order valence-electron chi connectivity index (χ3n) is 7.67. The zero-order chi connectivity index (χ0) is 30.1. The van der Waals surface area contributed by atoms with Crippen molar-refractivity contribution < 1.29 is 24.1 Å². The summed E-state index contributed by atoms with van der Waals surface area (Å²) in [5.74, 6) is 1.35. The number of methoxy groups -OCH3 is 1. The standard InChI is InChI=1S/C32H36N6O5/c1-41-28-11-6-10-24(20-28)29-32(31(40)36-38-16-4-5-17-38,21-25-8-2-3-9-26(25)22-34-37-33)35-30(43-29)23-12-14-27(15-13-23)42-19-7-18-39/h2-3,6,8-15,20,29,39H,4-5,7,16-19,21-22H2,1H3,(H,36,40)/t29-,32-/m0/s1. The highest BCUT2D eigenvalue weighted by molar-refractivity contribution is 6.01. The lowest BCUT2D eigenvalue weighted by Crippen LogP contribution is -2.54. The second-order valence-corrected chi connectivity index (χ2v) is 10.5. The third kappa shape index (κ3) is 6.91. The maximum absolute atomic E-state index is 14.5. The minimum Gasteiger partial charge on any atom is -0.497 e. The second kappa shape index (κ2) is 14.1. The molecule has 5 rings (SSSR count). The topological polar surface area (TPSA) is 141 Å². The monoisotopic (exact) mass is 584 g/mol. The van der Waals surface area contributed by atoms with Gasteiger partial charge in [0.15, 0.2) is 11.6 Å². The molecule has 2 aliphatic heterocycles. The summed E-state index contributed by atoms with van der Waals surface area (Å²) in [4.78, 5) is 22.5. The summed E-state index contributed by atoms with van der Waals surface area (Å²) in [6.45, 7) is 2.13. The van der Waals surface area contributed by atoms with Gasteiger partial charge < -0.3 is 19.3 Å². The van der Waals surface area contributed by atoms with E-state index in [1.165, 1.54) is 0 Å². The van der Waals surface area contributed by atoms with Gasteiger partial charge in [-0.05, 0) is 71.5 Å². The second-order valence-electron chi connectivity index (χ2n) is 10.5. The van der Waals surface area contributed by atoms with Gasteiger partial charge in [0.25, 0.3) is 5.91 Å². The molecule has 2 aliphatic rings. The van der Waals surface area contributed by atoms with Crippen LogP contribution in [0, 0.1) is 0 Å². The maximum Gasteiger partial charge on any atom is 0.266 e. The number of carbonyl (C=O) groups excluding carboxylic acids is 1. The Morgan fingerprint density at radius 2 is 1.88 bits per heavy atom. The third-order valence-corrected chi connectivity index (χ3v) is 7.67. The zero-order valence-corrected chi connectivity index (χ0v) is 24.2. The Morgan fingerprint density at radius 3 is 2.60 bits per heavy atom. The van der Waals surface area contributed by atoms with Crippen molar-refractivity contribution in [2.75, 3.05) is 33.4 Å². The van der Waals surface area contributed by atoms with Gasteiger partial charge in [-0.15, -0.1) is 0 Å². The van der Waals surface area contributed by atoms with Crippen molar-refractivity contribution in [1.29, 1.82) is 0 Å². The van der Waals surface area contributed by atoms with Crippen LogP contribution in [-0.4, -0.2) is 60.9 Å². The fraction of sp³-hybridized carbons (Fsp3) is 0.375. The first-order valence-electron chi connectivity index (χ1n) is 14.4. The SMILES string of the molecule is COc1cccc([C@@H]2OC(c3ccc(OCCCO)cc3)=N[C@]2(Cc2ccccc2CN=[N+]=[N-])C(=O)NN2CCCC2)c1. The van der Waals surface area contributed by atoms with E-state index in [4.69, 9.17) is 29.8 Å². The fourth-order valence-corrected chi connectivity index (χ4v) is 5.44. The van der Waals surface area contributed by atoms with Crippen LogP contribution in [0.25, 0.3) is 10.4 Å². The number of rotatable bonds is 13. The Hall–Kier alpha value is -4.57. The van der Waals surface area contributed by atoms with Gasteiger partial charge in [-0.2, -0.15) is 0 Å². The number of amides is 1. The number of aliphatic imine (C=N–C) groups is 1.